The van der Waals surface area contributed by atoms with E-state index in [-0.39, 0.29) is 17.3 Å². The molecule has 1 aliphatic carbocycles. The van der Waals surface area contributed by atoms with Gasteiger partial charge in [-0.3, -0.25) is 9.59 Å². The largest absolute Gasteiger partial charge is 0.462 e. The predicted octanol–water partition coefficient (Wildman–Crippen LogP) is 3.24. The van der Waals surface area contributed by atoms with Gasteiger partial charge < -0.3 is 10.1 Å². The molecule has 0 aromatic heterocycles. The highest BCUT2D eigenvalue weighted by atomic mass is 16.5. The Labute approximate surface area is 138 Å². The molecule has 5 heteroatoms. The van der Waals surface area contributed by atoms with Crippen molar-refractivity contribution in [3.8, 4) is 0 Å². The Bertz CT molecular complexity index is 850. The molecular weight excluding hydrogens is 306 g/mol. The Kier molecular flexibility index (Phi) is 4.24. The van der Waals surface area contributed by atoms with Crippen LogP contribution in [-0.2, 0) is 4.74 Å². The van der Waals surface area contributed by atoms with E-state index in [0.717, 1.165) is 0 Å². The van der Waals surface area contributed by atoms with Crippen molar-refractivity contribution in [1.82, 2.24) is 0 Å². The lowest BCUT2D eigenvalue weighted by Crippen LogP contribution is -2.21. The molecule has 120 valence electrons. The first-order valence-corrected chi connectivity index (χ1v) is 7.54. The van der Waals surface area contributed by atoms with Crippen LogP contribution >= 0.6 is 0 Å². The number of carbonyl (C=O) groups is 3. The van der Waals surface area contributed by atoms with Crippen LogP contribution in [0.2, 0.25) is 0 Å². The molecule has 0 bridgehead atoms. The van der Waals surface area contributed by atoms with Gasteiger partial charge in [0.05, 0.1) is 17.9 Å². The first-order valence-electron chi connectivity index (χ1n) is 7.54. The molecular formula is C19H15NO4. The molecule has 0 heterocycles. The van der Waals surface area contributed by atoms with E-state index < -0.39 is 5.97 Å². The molecule has 0 unspecified atom stereocenters. The second-order valence-electron chi connectivity index (χ2n) is 5.22. The predicted molar refractivity (Wildman–Crippen MR) is 89.2 cm³/mol. The van der Waals surface area contributed by atoms with Gasteiger partial charge in [0, 0.05) is 22.9 Å². The summed E-state index contributed by atoms with van der Waals surface area (Å²) in [6.45, 7) is 2.05. The summed E-state index contributed by atoms with van der Waals surface area (Å²) in [4.78, 5) is 36.2. The van der Waals surface area contributed by atoms with E-state index in [2.05, 4.69) is 5.32 Å². The highest BCUT2D eigenvalue weighted by Crippen LogP contribution is 2.23. The minimum absolute atomic E-state index is 0.211. The Balaban J connectivity index is 1.81. The number of Topliss-reactive ketones (excluding diaryl/α,β-unsaturated/α-hetero) is 1. The van der Waals surface area contributed by atoms with Crippen molar-refractivity contribution >= 4 is 23.2 Å². The summed E-state index contributed by atoms with van der Waals surface area (Å²) in [5.74, 6) is -0.850. The standard InChI is InChI=1S/C19H15NO4/c1-2-24-19(23)12-7-9-13(10-8-12)20-16-11-17(21)14-5-3-4-6-15(14)18(16)22/h3-11,20H,2H2,1H3. The van der Waals surface area contributed by atoms with Crippen LogP contribution < -0.4 is 5.32 Å². The van der Waals surface area contributed by atoms with Crippen molar-refractivity contribution in [2.75, 3.05) is 11.9 Å². The molecule has 2 aromatic rings. The SMILES string of the molecule is CCOC(=O)c1ccc(NC2=CC(=O)c3ccccc3C2=O)cc1. The maximum atomic E-state index is 12.5. The zero-order valence-corrected chi connectivity index (χ0v) is 13.0. The van der Waals surface area contributed by atoms with Gasteiger partial charge in [0.2, 0.25) is 5.78 Å². The second-order valence-corrected chi connectivity index (χ2v) is 5.22. The minimum Gasteiger partial charge on any atom is -0.462 e. The van der Waals surface area contributed by atoms with E-state index in [4.69, 9.17) is 4.74 Å². The fraction of sp³-hybridized carbons (Fsp3) is 0.105. The van der Waals surface area contributed by atoms with E-state index in [0.29, 0.717) is 29.0 Å². The van der Waals surface area contributed by atoms with Crippen LogP contribution in [0.1, 0.15) is 38.0 Å². The van der Waals surface area contributed by atoms with E-state index in [9.17, 15) is 14.4 Å². The second kappa shape index (κ2) is 6.50. The molecule has 5 nitrogen and oxygen atoms in total. The van der Waals surface area contributed by atoms with E-state index in [1.165, 1.54) is 6.08 Å². The fourth-order valence-electron chi connectivity index (χ4n) is 2.47. The molecule has 24 heavy (non-hydrogen) atoms. The lowest BCUT2D eigenvalue weighted by molar-refractivity contribution is 0.0526. The van der Waals surface area contributed by atoms with Crippen LogP contribution in [0.4, 0.5) is 5.69 Å². The first kappa shape index (κ1) is 15.7. The molecule has 0 radical (unpaired) electrons. The zero-order valence-electron chi connectivity index (χ0n) is 13.0. The van der Waals surface area contributed by atoms with Crippen molar-refractivity contribution in [2.45, 2.75) is 6.92 Å². The smallest absolute Gasteiger partial charge is 0.338 e. The third-order valence-electron chi connectivity index (χ3n) is 3.63. The number of ether oxygens (including phenoxy) is 1. The quantitative estimate of drug-likeness (QED) is 0.875. The number of benzene rings is 2. The van der Waals surface area contributed by atoms with Gasteiger partial charge in [-0.2, -0.15) is 0 Å². The molecule has 0 fully saturated rings. The highest BCUT2D eigenvalue weighted by molar-refractivity contribution is 6.25. The Morgan fingerprint density at radius 3 is 2.33 bits per heavy atom. The number of allylic oxidation sites excluding steroid dienone is 2. The Morgan fingerprint density at radius 2 is 1.67 bits per heavy atom. The maximum Gasteiger partial charge on any atom is 0.338 e. The molecule has 0 aliphatic heterocycles. The van der Waals surface area contributed by atoms with Crippen molar-refractivity contribution in [1.29, 1.82) is 0 Å². The average Bonchev–Trinajstić information content (AvgIpc) is 2.60. The normalized spacial score (nSPS) is 13.1. The van der Waals surface area contributed by atoms with Gasteiger partial charge in [-0.25, -0.2) is 4.79 Å². The molecule has 1 aliphatic rings. The number of hydrogen-bond acceptors (Lipinski definition) is 5. The first-order chi connectivity index (χ1) is 11.6. The van der Waals surface area contributed by atoms with Crippen molar-refractivity contribution in [2.24, 2.45) is 0 Å². The van der Waals surface area contributed by atoms with Gasteiger partial charge in [-0.05, 0) is 31.2 Å². The van der Waals surface area contributed by atoms with Gasteiger partial charge in [0.1, 0.15) is 0 Å². The number of hydrogen-bond donors (Lipinski definition) is 1. The number of anilines is 1. The van der Waals surface area contributed by atoms with Crippen molar-refractivity contribution < 1.29 is 19.1 Å². The number of rotatable bonds is 4. The number of esters is 1. The molecule has 0 spiro atoms. The summed E-state index contributed by atoms with van der Waals surface area (Å²) >= 11 is 0. The van der Waals surface area contributed by atoms with Crippen LogP contribution in [0.3, 0.4) is 0 Å². The fourth-order valence-corrected chi connectivity index (χ4v) is 2.47. The number of fused-ring (bicyclic) bond motifs is 1. The van der Waals surface area contributed by atoms with Crippen LogP contribution in [0.25, 0.3) is 0 Å². The van der Waals surface area contributed by atoms with Crippen molar-refractivity contribution in [3.05, 3.63) is 77.0 Å². The summed E-state index contributed by atoms with van der Waals surface area (Å²) in [5, 5.41) is 2.94. The summed E-state index contributed by atoms with van der Waals surface area (Å²) in [6.07, 6.45) is 1.30. The summed E-state index contributed by atoms with van der Waals surface area (Å²) in [5.41, 5.74) is 2.03. The van der Waals surface area contributed by atoms with Gasteiger partial charge in [-0.15, -0.1) is 0 Å². The molecule has 0 atom stereocenters. The minimum atomic E-state index is -0.402. The van der Waals surface area contributed by atoms with E-state index >= 15 is 0 Å². The van der Waals surface area contributed by atoms with Crippen LogP contribution in [0, 0.1) is 0 Å². The van der Waals surface area contributed by atoms with Gasteiger partial charge in [-0.1, -0.05) is 24.3 Å². The Morgan fingerprint density at radius 1 is 1.00 bits per heavy atom. The molecule has 2 aromatic carbocycles. The third kappa shape index (κ3) is 2.96. The van der Waals surface area contributed by atoms with Crippen LogP contribution in [-0.4, -0.2) is 24.1 Å². The van der Waals surface area contributed by atoms with Gasteiger partial charge >= 0.3 is 5.97 Å². The summed E-state index contributed by atoms with van der Waals surface area (Å²) < 4.78 is 4.92. The molecule has 0 saturated heterocycles. The van der Waals surface area contributed by atoms with Crippen LogP contribution in [0.5, 0.6) is 0 Å². The lowest BCUT2D eigenvalue weighted by Gasteiger charge is -2.16. The molecule has 0 saturated carbocycles. The summed E-state index contributed by atoms with van der Waals surface area (Å²) in [7, 11) is 0. The maximum absolute atomic E-state index is 12.5. The van der Waals surface area contributed by atoms with Gasteiger partial charge in [0.15, 0.2) is 5.78 Å². The van der Waals surface area contributed by atoms with E-state index in [1.807, 2.05) is 0 Å². The van der Waals surface area contributed by atoms with Crippen LogP contribution in [0.15, 0.2) is 60.3 Å². The summed E-state index contributed by atoms with van der Waals surface area (Å²) in [6, 6.07) is 13.2. The van der Waals surface area contributed by atoms with E-state index in [1.54, 1.807) is 55.5 Å². The topological polar surface area (TPSA) is 72.5 Å². The Hall–Kier alpha value is -3.21. The number of ketones is 2. The average molecular weight is 321 g/mol. The van der Waals surface area contributed by atoms with Gasteiger partial charge in [0.25, 0.3) is 0 Å². The highest BCUT2D eigenvalue weighted by Gasteiger charge is 2.25. The molecule has 3 rings (SSSR count). The third-order valence-corrected chi connectivity index (χ3v) is 3.63. The number of carbonyl (C=O) groups excluding carboxylic acids is 3. The monoisotopic (exact) mass is 321 g/mol. The van der Waals surface area contributed by atoms with Crippen molar-refractivity contribution in [3.63, 3.8) is 0 Å². The lowest BCUT2D eigenvalue weighted by atomic mass is 9.92. The zero-order chi connectivity index (χ0) is 17.1. The number of nitrogens with one attached hydrogen (secondary N) is 1. The molecule has 0 amide bonds. The molecule has 1 N–H and O–H groups in total.